The Morgan fingerprint density at radius 3 is 2.75 bits per heavy atom. The molecular formula is C21H15N5OS. The highest BCUT2D eigenvalue weighted by Gasteiger charge is 2.13. The molecule has 7 heteroatoms. The maximum atomic E-state index is 11.9. The normalized spacial score (nSPS) is 11.2. The summed E-state index contributed by atoms with van der Waals surface area (Å²) in [6.45, 7) is 0. The first-order valence-electron chi connectivity index (χ1n) is 8.65. The van der Waals surface area contributed by atoms with Crippen molar-refractivity contribution < 1.29 is 4.79 Å². The van der Waals surface area contributed by atoms with Crippen LogP contribution in [0.25, 0.3) is 42.6 Å². The predicted molar refractivity (Wildman–Crippen MR) is 112 cm³/mol. The number of aromatic nitrogens is 3. The molecule has 0 fully saturated rings. The van der Waals surface area contributed by atoms with Gasteiger partial charge in [0.2, 0.25) is 0 Å². The lowest BCUT2D eigenvalue weighted by Gasteiger charge is -2.08. The van der Waals surface area contributed by atoms with Gasteiger partial charge in [0.15, 0.2) is 0 Å². The molecule has 5 rings (SSSR count). The molecule has 5 aromatic rings. The summed E-state index contributed by atoms with van der Waals surface area (Å²) >= 11 is 1.74. The third-order valence-electron chi connectivity index (χ3n) is 4.70. The number of hydrazine groups is 1. The molecule has 136 valence electrons. The van der Waals surface area contributed by atoms with Crippen LogP contribution in [0, 0.1) is 0 Å². The Kier molecular flexibility index (Phi) is 3.89. The number of carbonyl (C=O) groups excluding carboxylic acids is 1. The molecule has 0 atom stereocenters. The zero-order valence-electron chi connectivity index (χ0n) is 14.6. The second-order valence-electron chi connectivity index (χ2n) is 6.44. The molecule has 1 amide bonds. The summed E-state index contributed by atoms with van der Waals surface area (Å²) in [5.41, 5.74) is 6.41. The van der Waals surface area contributed by atoms with E-state index in [0.29, 0.717) is 5.56 Å². The number of nitrogens with one attached hydrogen (secondary N) is 2. The Balaban J connectivity index is 1.71. The first-order chi connectivity index (χ1) is 13.7. The van der Waals surface area contributed by atoms with Crippen LogP contribution < -0.4 is 11.3 Å². The fourth-order valence-electron chi connectivity index (χ4n) is 3.34. The molecule has 2 aromatic carbocycles. The predicted octanol–water partition coefficient (Wildman–Crippen LogP) is 4.11. The van der Waals surface area contributed by atoms with Crippen LogP contribution in [0.5, 0.6) is 0 Å². The molecule has 0 aliphatic heterocycles. The molecule has 28 heavy (non-hydrogen) atoms. The second kappa shape index (κ2) is 6.56. The van der Waals surface area contributed by atoms with Crippen LogP contribution in [0.4, 0.5) is 0 Å². The van der Waals surface area contributed by atoms with Crippen LogP contribution in [0.15, 0.2) is 67.1 Å². The van der Waals surface area contributed by atoms with Crippen molar-refractivity contribution in [1.82, 2.24) is 20.6 Å². The average Bonchev–Trinajstić information content (AvgIpc) is 3.39. The van der Waals surface area contributed by atoms with Crippen molar-refractivity contribution in [3.8, 4) is 21.6 Å². The van der Waals surface area contributed by atoms with E-state index in [1.54, 1.807) is 29.8 Å². The third kappa shape index (κ3) is 2.74. The molecule has 0 saturated carbocycles. The quantitative estimate of drug-likeness (QED) is 0.247. The molecule has 0 spiro atoms. The van der Waals surface area contributed by atoms with Crippen LogP contribution in [0.3, 0.4) is 0 Å². The van der Waals surface area contributed by atoms with Gasteiger partial charge in [-0.1, -0.05) is 18.2 Å². The Bertz CT molecular complexity index is 1300. The standard InChI is InChI=1S/C21H15N5OS/c22-25-21(27)16-6-14(9-23-10-16)13-5-15-11-24-26-20(15)17(7-13)19-8-12-3-1-2-4-18(12)28-19/h1-11H,22H2,(H,24,26)(H,25,27). The highest BCUT2D eigenvalue weighted by molar-refractivity contribution is 7.22. The molecule has 3 aromatic heterocycles. The van der Waals surface area contributed by atoms with E-state index in [9.17, 15) is 4.79 Å². The minimum atomic E-state index is -0.372. The number of rotatable bonds is 3. The highest BCUT2D eigenvalue weighted by atomic mass is 32.1. The van der Waals surface area contributed by atoms with Gasteiger partial charge in [-0.15, -0.1) is 11.3 Å². The van der Waals surface area contributed by atoms with E-state index in [-0.39, 0.29) is 5.91 Å². The SMILES string of the molecule is NNC(=O)c1cncc(-c2cc(-c3cc4ccccc4s3)c3[nH]ncc3c2)c1. The molecule has 4 N–H and O–H groups in total. The Morgan fingerprint density at radius 2 is 1.89 bits per heavy atom. The van der Waals surface area contributed by atoms with Gasteiger partial charge in [0.1, 0.15) is 0 Å². The summed E-state index contributed by atoms with van der Waals surface area (Å²) in [5.74, 6) is 4.88. The largest absolute Gasteiger partial charge is 0.290 e. The number of pyridine rings is 1. The number of amides is 1. The fraction of sp³-hybridized carbons (Fsp3) is 0. The Hall–Kier alpha value is -3.55. The Labute approximate surface area is 164 Å². The molecule has 0 radical (unpaired) electrons. The topological polar surface area (TPSA) is 96.7 Å². The zero-order valence-corrected chi connectivity index (χ0v) is 15.5. The van der Waals surface area contributed by atoms with E-state index >= 15 is 0 Å². The van der Waals surface area contributed by atoms with Gasteiger partial charge in [0.05, 0.1) is 17.3 Å². The van der Waals surface area contributed by atoms with Crippen molar-refractivity contribution in [1.29, 1.82) is 0 Å². The van der Waals surface area contributed by atoms with E-state index in [4.69, 9.17) is 5.84 Å². The first kappa shape index (κ1) is 16.6. The van der Waals surface area contributed by atoms with Crippen molar-refractivity contribution in [2.24, 2.45) is 5.84 Å². The second-order valence-corrected chi connectivity index (χ2v) is 7.53. The van der Waals surface area contributed by atoms with Gasteiger partial charge < -0.3 is 0 Å². The maximum absolute atomic E-state index is 11.9. The number of benzene rings is 2. The molecular weight excluding hydrogens is 370 g/mol. The molecule has 0 aliphatic carbocycles. The lowest BCUT2D eigenvalue weighted by Crippen LogP contribution is -2.30. The Morgan fingerprint density at radius 1 is 1.00 bits per heavy atom. The molecule has 6 nitrogen and oxygen atoms in total. The third-order valence-corrected chi connectivity index (χ3v) is 5.85. The number of thiophene rings is 1. The zero-order chi connectivity index (χ0) is 19.1. The number of carbonyl (C=O) groups is 1. The minimum Gasteiger partial charge on any atom is -0.290 e. The van der Waals surface area contributed by atoms with Gasteiger partial charge in [0, 0.05) is 38.5 Å². The van der Waals surface area contributed by atoms with Gasteiger partial charge in [-0.05, 0) is 41.3 Å². The van der Waals surface area contributed by atoms with E-state index < -0.39 is 0 Å². The summed E-state index contributed by atoms with van der Waals surface area (Å²) in [4.78, 5) is 17.2. The minimum absolute atomic E-state index is 0.372. The van der Waals surface area contributed by atoms with Gasteiger partial charge in [-0.25, -0.2) is 5.84 Å². The van der Waals surface area contributed by atoms with Crippen molar-refractivity contribution in [2.45, 2.75) is 0 Å². The smallest absolute Gasteiger partial charge is 0.266 e. The van der Waals surface area contributed by atoms with Crippen molar-refractivity contribution in [3.63, 3.8) is 0 Å². The molecule has 0 unspecified atom stereocenters. The number of H-pyrrole nitrogens is 1. The number of hydrogen-bond acceptors (Lipinski definition) is 5. The molecule has 3 heterocycles. The summed E-state index contributed by atoms with van der Waals surface area (Å²) in [7, 11) is 0. The fourth-order valence-corrected chi connectivity index (χ4v) is 4.42. The number of nitrogens with two attached hydrogens (primary N) is 1. The molecule has 0 aliphatic rings. The molecule has 0 bridgehead atoms. The molecule has 0 saturated heterocycles. The number of aromatic amines is 1. The van der Waals surface area contributed by atoms with Crippen LogP contribution in [0.2, 0.25) is 0 Å². The average molecular weight is 385 g/mol. The number of hydrogen-bond donors (Lipinski definition) is 3. The monoisotopic (exact) mass is 385 g/mol. The number of nitrogen functional groups attached to an aromatic ring is 1. The van der Waals surface area contributed by atoms with Gasteiger partial charge in [-0.3, -0.25) is 20.3 Å². The summed E-state index contributed by atoms with van der Waals surface area (Å²) < 4.78 is 1.24. The van der Waals surface area contributed by atoms with Crippen LogP contribution in [-0.4, -0.2) is 21.1 Å². The lowest BCUT2D eigenvalue weighted by atomic mass is 9.99. The number of fused-ring (bicyclic) bond motifs is 2. The summed E-state index contributed by atoms with van der Waals surface area (Å²) in [5, 5.41) is 9.54. The van der Waals surface area contributed by atoms with Crippen molar-refractivity contribution in [2.75, 3.05) is 0 Å². The van der Waals surface area contributed by atoms with E-state index in [1.165, 1.54) is 16.3 Å². The number of nitrogens with zero attached hydrogens (tertiary/aromatic N) is 2. The van der Waals surface area contributed by atoms with E-state index in [1.807, 2.05) is 18.2 Å². The lowest BCUT2D eigenvalue weighted by molar-refractivity contribution is 0.0953. The summed E-state index contributed by atoms with van der Waals surface area (Å²) in [6, 6.07) is 16.4. The van der Waals surface area contributed by atoms with E-state index in [0.717, 1.165) is 32.5 Å². The van der Waals surface area contributed by atoms with Crippen molar-refractivity contribution >= 4 is 38.2 Å². The van der Waals surface area contributed by atoms with Crippen LogP contribution in [0.1, 0.15) is 10.4 Å². The van der Waals surface area contributed by atoms with Crippen LogP contribution >= 0.6 is 11.3 Å². The van der Waals surface area contributed by atoms with Crippen molar-refractivity contribution in [3.05, 3.63) is 72.7 Å². The maximum Gasteiger partial charge on any atom is 0.266 e. The summed E-state index contributed by atoms with van der Waals surface area (Å²) in [6.07, 6.45) is 5.04. The first-order valence-corrected chi connectivity index (χ1v) is 9.47. The van der Waals surface area contributed by atoms with Gasteiger partial charge >= 0.3 is 0 Å². The van der Waals surface area contributed by atoms with Crippen LogP contribution in [-0.2, 0) is 0 Å². The highest BCUT2D eigenvalue weighted by Crippen LogP contribution is 2.39. The van der Waals surface area contributed by atoms with Gasteiger partial charge in [0.25, 0.3) is 5.91 Å². The van der Waals surface area contributed by atoms with E-state index in [2.05, 4.69) is 44.9 Å². The van der Waals surface area contributed by atoms with Gasteiger partial charge in [-0.2, -0.15) is 5.10 Å².